The van der Waals surface area contributed by atoms with Crippen molar-refractivity contribution in [1.82, 2.24) is 10.2 Å². The highest BCUT2D eigenvalue weighted by Gasteiger charge is 2.62. The van der Waals surface area contributed by atoms with E-state index in [4.69, 9.17) is 4.74 Å². The van der Waals surface area contributed by atoms with Crippen molar-refractivity contribution in [3.8, 4) is 0 Å². The van der Waals surface area contributed by atoms with Crippen LogP contribution in [0.5, 0.6) is 0 Å². The first-order valence-corrected chi connectivity index (χ1v) is 13.9. The van der Waals surface area contributed by atoms with Crippen LogP contribution < -0.4 is 10.6 Å². The van der Waals surface area contributed by atoms with Gasteiger partial charge in [-0.3, -0.25) is 9.59 Å². The molecule has 2 atom stereocenters. The summed E-state index contributed by atoms with van der Waals surface area (Å²) in [5.74, 6) is -5.90. The van der Waals surface area contributed by atoms with Crippen LogP contribution in [0.15, 0.2) is 60.7 Å². The molecule has 14 heteroatoms. The van der Waals surface area contributed by atoms with Gasteiger partial charge in [-0.2, -0.15) is 13.2 Å². The lowest BCUT2D eigenvalue weighted by Gasteiger charge is -2.34. The molecule has 232 valence electrons. The maximum atomic E-state index is 14.9. The molecule has 0 aromatic heterocycles. The maximum Gasteiger partial charge on any atom is 0.430 e. The summed E-state index contributed by atoms with van der Waals surface area (Å²) in [6, 6.07) is 11.1. The number of hydrogen-bond acceptors (Lipinski definition) is 5. The molecule has 43 heavy (non-hydrogen) atoms. The number of aliphatic hydroxyl groups excluding tert-OH is 1. The van der Waals surface area contributed by atoms with Crippen LogP contribution >= 0.6 is 22.6 Å². The Labute approximate surface area is 257 Å². The van der Waals surface area contributed by atoms with Gasteiger partial charge in [0.2, 0.25) is 0 Å². The summed E-state index contributed by atoms with van der Waals surface area (Å²) in [6.07, 6.45) is -5.22. The van der Waals surface area contributed by atoms with Crippen LogP contribution in [-0.2, 0) is 15.1 Å². The molecule has 7 nitrogen and oxygen atoms in total. The molecule has 0 heterocycles. The summed E-state index contributed by atoms with van der Waals surface area (Å²) >= 11 is 1.86. The lowest BCUT2D eigenvalue weighted by Crippen LogP contribution is -2.57. The Hall–Kier alpha value is -3.37. The zero-order chi connectivity index (χ0) is 31.9. The minimum absolute atomic E-state index is 0.0951. The van der Waals surface area contributed by atoms with E-state index >= 15 is 0 Å². The number of aliphatic hydroxyl groups is 1. The third-order valence-electron chi connectivity index (χ3n) is 6.59. The van der Waals surface area contributed by atoms with Crippen LogP contribution in [0.25, 0.3) is 0 Å². The summed E-state index contributed by atoms with van der Waals surface area (Å²) in [7, 11) is 0.766. The van der Waals surface area contributed by atoms with Crippen molar-refractivity contribution in [2.45, 2.75) is 31.2 Å². The number of carbonyl (C=O) groups is 2. The highest BCUT2D eigenvalue weighted by atomic mass is 127. The maximum absolute atomic E-state index is 14.9. The first-order valence-electron chi connectivity index (χ1n) is 12.8. The number of nitrogens with one attached hydrogen (secondary N) is 2. The van der Waals surface area contributed by atoms with Gasteiger partial charge in [0.05, 0.1) is 23.5 Å². The van der Waals surface area contributed by atoms with Crippen molar-refractivity contribution in [2.75, 3.05) is 32.1 Å². The number of alkyl halides is 3. The quantitative estimate of drug-likeness (QED) is 0.161. The normalized spacial score (nSPS) is 13.6. The molecule has 3 rings (SSSR count). The molecule has 0 bridgehead atoms. The number of nitrogens with zero attached hydrogens (tertiary/aromatic N) is 1. The van der Waals surface area contributed by atoms with E-state index in [1.165, 1.54) is 37.3 Å². The van der Waals surface area contributed by atoms with Crippen molar-refractivity contribution in [3.05, 3.63) is 92.8 Å². The van der Waals surface area contributed by atoms with Crippen LogP contribution in [0.4, 0.5) is 37.7 Å². The highest BCUT2D eigenvalue weighted by Crippen LogP contribution is 2.42. The number of anilines is 2. The molecular formula is C29H28F6IN3O4. The van der Waals surface area contributed by atoms with Crippen LogP contribution in [0.3, 0.4) is 0 Å². The topological polar surface area (TPSA) is 90.9 Å². The first kappa shape index (κ1) is 34.1. The standard InChI is InChI=1S/C29H28F6IN3O4/c1-17(37-27(42)28(43-2,29(33,34)35)18-6-4-3-5-7-18)12-13-39(14-15-40)26(41)20-9-10-21(30)24(32)25(20)38-23-11-8-19(36)16-22(23)31/h3-11,16-17,38,40H,12-15H2,1-2H3,(H,37,42)/t17?,28-/m1/s1. The molecule has 0 aliphatic rings. The van der Waals surface area contributed by atoms with Crippen LogP contribution in [0, 0.1) is 21.0 Å². The molecule has 0 radical (unpaired) electrons. The Morgan fingerprint density at radius 3 is 2.26 bits per heavy atom. The predicted molar refractivity (Wildman–Crippen MR) is 155 cm³/mol. The van der Waals surface area contributed by atoms with Crippen molar-refractivity contribution < 1.29 is 45.8 Å². The van der Waals surface area contributed by atoms with Gasteiger partial charge in [-0.05, 0) is 66.3 Å². The van der Waals surface area contributed by atoms with Gasteiger partial charge in [0.1, 0.15) is 5.82 Å². The average molecular weight is 723 g/mol. The number of methoxy groups -OCH3 is 1. The zero-order valence-electron chi connectivity index (χ0n) is 22.9. The summed E-state index contributed by atoms with van der Waals surface area (Å²) in [5, 5.41) is 14.3. The molecule has 0 fully saturated rings. The van der Waals surface area contributed by atoms with E-state index < -0.39 is 64.9 Å². The monoisotopic (exact) mass is 723 g/mol. The second-order valence-electron chi connectivity index (χ2n) is 9.46. The van der Waals surface area contributed by atoms with Crippen LogP contribution in [0.2, 0.25) is 0 Å². The van der Waals surface area contributed by atoms with Crippen molar-refractivity contribution in [1.29, 1.82) is 0 Å². The van der Waals surface area contributed by atoms with E-state index in [9.17, 15) is 41.0 Å². The number of halogens is 7. The van der Waals surface area contributed by atoms with Gasteiger partial charge in [0.25, 0.3) is 17.4 Å². The molecule has 3 N–H and O–H groups in total. The molecule has 2 amide bonds. The fourth-order valence-electron chi connectivity index (χ4n) is 4.35. The van der Waals surface area contributed by atoms with E-state index in [0.717, 1.165) is 36.3 Å². The lowest BCUT2D eigenvalue weighted by atomic mass is 9.91. The summed E-state index contributed by atoms with van der Waals surface area (Å²) < 4.78 is 91.4. The van der Waals surface area contributed by atoms with E-state index in [2.05, 4.69) is 10.6 Å². The Kier molecular flexibility index (Phi) is 11.4. The summed E-state index contributed by atoms with van der Waals surface area (Å²) in [5.41, 5.74) is -5.00. The molecule has 3 aromatic rings. The first-order chi connectivity index (χ1) is 20.3. The number of carbonyl (C=O) groups excluding carboxylic acids is 2. The van der Waals surface area contributed by atoms with E-state index in [0.29, 0.717) is 9.64 Å². The van der Waals surface area contributed by atoms with Crippen LogP contribution in [0.1, 0.15) is 29.3 Å². The minimum Gasteiger partial charge on any atom is -0.395 e. The molecule has 0 saturated carbocycles. The molecule has 0 saturated heterocycles. The third-order valence-corrected chi connectivity index (χ3v) is 7.26. The largest absolute Gasteiger partial charge is 0.430 e. The number of amides is 2. The lowest BCUT2D eigenvalue weighted by molar-refractivity contribution is -0.266. The Bertz CT molecular complexity index is 1440. The summed E-state index contributed by atoms with van der Waals surface area (Å²) in [4.78, 5) is 27.5. The Morgan fingerprint density at radius 2 is 1.67 bits per heavy atom. The Balaban J connectivity index is 1.83. The van der Waals surface area contributed by atoms with E-state index in [-0.39, 0.29) is 30.8 Å². The molecule has 1 unspecified atom stereocenters. The van der Waals surface area contributed by atoms with Gasteiger partial charge in [-0.1, -0.05) is 30.3 Å². The van der Waals surface area contributed by atoms with Gasteiger partial charge in [0, 0.05) is 35.4 Å². The highest BCUT2D eigenvalue weighted by molar-refractivity contribution is 14.1. The fourth-order valence-corrected chi connectivity index (χ4v) is 4.81. The second-order valence-corrected chi connectivity index (χ2v) is 10.7. The second kappa shape index (κ2) is 14.4. The van der Waals surface area contributed by atoms with Crippen molar-refractivity contribution in [2.24, 2.45) is 0 Å². The Morgan fingerprint density at radius 1 is 1.00 bits per heavy atom. The van der Waals surface area contributed by atoms with Gasteiger partial charge in [-0.25, -0.2) is 13.2 Å². The minimum atomic E-state index is -5.13. The molecule has 0 spiro atoms. The van der Waals surface area contributed by atoms with Gasteiger partial charge in [0.15, 0.2) is 11.6 Å². The molecular weight excluding hydrogens is 695 g/mol. The van der Waals surface area contributed by atoms with Crippen molar-refractivity contribution >= 4 is 45.8 Å². The molecule has 0 aliphatic carbocycles. The predicted octanol–water partition coefficient (Wildman–Crippen LogP) is 5.89. The summed E-state index contributed by atoms with van der Waals surface area (Å²) in [6.45, 7) is 0.365. The van der Waals surface area contributed by atoms with Gasteiger partial charge >= 0.3 is 6.18 Å². The smallest absolute Gasteiger partial charge is 0.395 e. The number of benzene rings is 3. The van der Waals surface area contributed by atoms with Crippen LogP contribution in [-0.4, -0.2) is 60.8 Å². The number of hydrogen-bond donors (Lipinski definition) is 3. The van der Waals surface area contributed by atoms with Gasteiger partial charge in [-0.15, -0.1) is 0 Å². The fraction of sp³-hybridized carbons (Fsp3) is 0.310. The third kappa shape index (κ3) is 7.59. The molecule has 3 aromatic carbocycles. The number of ether oxygens (including phenoxy) is 1. The molecule has 0 aliphatic heterocycles. The van der Waals surface area contributed by atoms with Crippen molar-refractivity contribution in [3.63, 3.8) is 0 Å². The number of rotatable bonds is 12. The average Bonchev–Trinajstić information content (AvgIpc) is 2.95. The van der Waals surface area contributed by atoms with E-state index in [1.807, 2.05) is 22.6 Å². The SMILES string of the molecule is CO[C@@](C(=O)NC(C)CCN(CCO)C(=O)c1ccc(F)c(F)c1Nc1ccc(I)cc1F)(c1ccccc1)C(F)(F)F. The van der Waals surface area contributed by atoms with E-state index in [1.54, 1.807) is 0 Å². The zero-order valence-corrected chi connectivity index (χ0v) is 25.1. The van der Waals surface area contributed by atoms with Gasteiger partial charge < -0.3 is 25.4 Å².